The highest BCUT2D eigenvalue weighted by atomic mass is 19.1. The van der Waals surface area contributed by atoms with Gasteiger partial charge in [0, 0.05) is 0 Å². The maximum absolute atomic E-state index is 13.5. The standard InChI is InChI=1S/C10H8F2N2O6/c11-5-2-8(14(19)20)6(12)1-4(5)9(16)13-7(3-15)10(17)18/h1-2,7,15H,3H2,(H,13,16)(H,17,18). The van der Waals surface area contributed by atoms with E-state index in [4.69, 9.17) is 10.2 Å². The van der Waals surface area contributed by atoms with E-state index < -0.39 is 52.3 Å². The highest BCUT2D eigenvalue weighted by molar-refractivity contribution is 5.97. The molecule has 10 heteroatoms. The van der Waals surface area contributed by atoms with Crippen molar-refractivity contribution in [3.63, 3.8) is 0 Å². The molecule has 0 radical (unpaired) electrons. The third kappa shape index (κ3) is 3.23. The Bertz CT molecular complexity index is 577. The van der Waals surface area contributed by atoms with E-state index in [1.165, 1.54) is 0 Å². The molecular weight excluding hydrogens is 282 g/mol. The first-order valence-electron chi connectivity index (χ1n) is 5.06. The van der Waals surface area contributed by atoms with Crippen LogP contribution in [-0.2, 0) is 4.79 Å². The zero-order valence-corrected chi connectivity index (χ0v) is 9.67. The van der Waals surface area contributed by atoms with E-state index in [-0.39, 0.29) is 12.1 Å². The van der Waals surface area contributed by atoms with Gasteiger partial charge in [0.05, 0.1) is 23.2 Å². The van der Waals surface area contributed by atoms with Crippen LogP contribution in [0.25, 0.3) is 0 Å². The number of hydrogen-bond donors (Lipinski definition) is 3. The van der Waals surface area contributed by atoms with Gasteiger partial charge in [-0.15, -0.1) is 0 Å². The van der Waals surface area contributed by atoms with Crippen LogP contribution in [0.15, 0.2) is 12.1 Å². The zero-order valence-electron chi connectivity index (χ0n) is 9.67. The number of rotatable bonds is 5. The second-order valence-corrected chi connectivity index (χ2v) is 3.59. The number of nitro benzene ring substituents is 1. The van der Waals surface area contributed by atoms with E-state index in [2.05, 4.69) is 0 Å². The molecule has 1 aromatic carbocycles. The molecule has 0 fully saturated rings. The minimum Gasteiger partial charge on any atom is -0.480 e. The summed E-state index contributed by atoms with van der Waals surface area (Å²) in [5, 5.41) is 29.3. The molecule has 0 aliphatic heterocycles. The molecule has 0 heterocycles. The molecular formula is C10H8F2N2O6. The summed E-state index contributed by atoms with van der Waals surface area (Å²) in [4.78, 5) is 31.3. The monoisotopic (exact) mass is 290 g/mol. The van der Waals surface area contributed by atoms with Crippen molar-refractivity contribution in [3.8, 4) is 0 Å². The predicted octanol–water partition coefficient (Wildman–Crippen LogP) is 0.0483. The van der Waals surface area contributed by atoms with Crippen molar-refractivity contribution in [2.45, 2.75) is 6.04 Å². The number of benzene rings is 1. The Kier molecular flexibility index (Phi) is 4.64. The smallest absolute Gasteiger partial charge is 0.328 e. The fraction of sp³-hybridized carbons (Fsp3) is 0.200. The number of halogens is 2. The van der Waals surface area contributed by atoms with Crippen LogP contribution < -0.4 is 5.32 Å². The number of carbonyl (C=O) groups excluding carboxylic acids is 1. The number of hydrogen-bond acceptors (Lipinski definition) is 5. The quantitative estimate of drug-likeness (QED) is 0.519. The van der Waals surface area contributed by atoms with Crippen molar-refractivity contribution in [1.29, 1.82) is 0 Å². The fourth-order valence-corrected chi connectivity index (χ4v) is 1.27. The zero-order chi connectivity index (χ0) is 15.4. The molecule has 0 saturated heterocycles. The van der Waals surface area contributed by atoms with Gasteiger partial charge in [-0.2, -0.15) is 4.39 Å². The number of aliphatic carboxylic acids is 1. The first kappa shape index (κ1) is 15.4. The number of carbonyl (C=O) groups is 2. The van der Waals surface area contributed by atoms with E-state index in [0.29, 0.717) is 0 Å². The van der Waals surface area contributed by atoms with Gasteiger partial charge in [-0.3, -0.25) is 14.9 Å². The van der Waals surface area contributed by atoms with Gasteiger partial charge in [-0.05, 0) is 6.07 Å². The van der Waals surface area contributed by atoms with Crippen LogP contribution in [0.1, 0.15) is 10.4 Å². The lowest BCUT2D eigenvalue weighted by Crippen LogP contribution is -2.43. The van der Waals surface area contributed by atoms with Crippen LogP contribution >= 0.6 is 0 Å². The van der Waals surface area contributed by atoms with Crippen LogP contribution in [0.2, 0.25) is 0 Å². The fourth-order valence-electron chi connectivity index (χ4n) is 1.27. The average molecular weight is 290 g/mol. The molecule has 1 aromatic rings. The van der Waals surface area contributed by atoms with Gasteiger partial charge >= 0.3 is 11.7 Å². The molecule has 8 nitrogen and oxygen atoms in total. The number of carboxylic acid groups (broad SMARTS) is 1. The van der Waals surface area contributed by atoms with Crippen LogP contribution in [0.5, 0.6) is 0 Å². The minimum atomic E-state index is -1.71. The Hall–Kier alpha value is -2.62. The lowest BCUT2D eigenvalue weighted by atomic mass is 10.1. The summed E-state index contributed by atoms with van der Waals surface area (Å²) in [5.41, 5.74) is -2.07. The van der Waals surface area contributed by atoms with E-state index in [1.54, 1.807) is 5.32 Å². The molecule has 1 amide bonds. The van der Waals surface area contributed by atoms with Gasteiger partial charge in [0.25, 0.3) is 5.91 Å². The maximum atomic E-state index is 13.5. The number of nitro groups is 1. The molecule has 0 aromatic heterocycles. The summed E-state index contributed by atoms with van der Waals surface area (Å²) in [5.74, 6) is -5.74. The number of aliphatic hydroxyl groups is 1. The topological polar surface area (TPSA) is 130 Å². The molecule has 1 rings (SSSR count). The predicted molar refractivity (Wildman–Crippen MR) is 59.0 cm³/mol. The molecule has 0 saturated carbocycles. The summed E-state index contributed by atoms with van der Waals surface area (Å²) < 4.78 is 26.7. The highest BCUT2D eigenvalue weighted by Crippen LogP contribution is 2.21. The molecule has 0 bridgehead atoms. The van der Waals surface area contributed by atoms with E-state index >= 15 is 0 Å². The third-order valence-electron chi connectivity index (χ3n) is 2.26. The van der Waals surface area contributed by atoms with Crippen LogP contribution in [0, 0.1) is 21.7 Å². The molecule has 0 aliphatic carbocycles. The van der Waals surface area contributed by atoms with Gasteiger partial charge in [0.2, 0.25) is 5.82 Å². The number of nitrogens with one attached hydrogen (secondary N) is 1. The van der Waals surface area contributed by atoms with Gasteiger partial charge in [0.1, 0.15) is 5.82 Å². The lowest BCUT2D eigenvalue weighted by molar-refractivity contribution is -0.387. The van der Waals surface area contributed by atoms with Gasteiger partial charge in [0.15, 0.2) is 6.04 Å². The van der Waals surface area contributed by atoms with Crippen molar-refractivity contribution in [3.05, 3.63) is 39.4 Å². The first-order chi connectivity index (χ1) is 9.27. The van der Waals surface area contributed by atoms with Crippen molar-refractivity contribution < 1.29 is 33.5 Å². The van der Waals surface area contributed by atoms with E-state index in [1.807, 2.05) is 0 Å². The Morgan fingerprint density at radius 2 is 1.95 bits per heavy atom. The summed E-state index contributed by atoms with van der Waals surface area (Å²) >= 11 is 0. The van der Waals surface area contributed by atoms with Crippen LogP contribution in [0.3, 0.4) is 0 Å². The Morgan fingerprint density at radius 3 is 2.40 bits per heavy atom. The van der Waals surface area contributed by atoms with Gasteiger partial charge < -0.3 is 15.5 Å². The highest BCUT2D eigenvalue weighted by Gasteiger charge is 2.25. The number of aliphatic hydroxyl groups excluding tert-OH is 1. The SMILES string of the molecule is O=C(NC(CO)C(=O)O)c1cc(F)c([N+](=O)[O-])cc1F. The number of carboxylic acids is 1. The summed E-state index contributed by atoms with van der Waals surface area (Å²) in [6.07, 6.45) is 0. The van der Waals surface area contributed by atoms with E-state index in [0.717, 1.165) is 0 Å². The number of amides is 1. The molecule has 108 valence electrons. The Morgan fingerprint density at radius 1 is 1.35 bits per heavy atom. The van der Waals surface area contributed by atoms with Crippen molar-refractivity contribution in [2.75, 3.05) is 6.61 Å². The summed E-state index contributed by atoms with van der Waals surface area (Å²) in [6, 6.07) is -1.22. The lowest BCUT2D eigenvalue weighted by Gasteiger charge is -2.12. The largest absolute Gasteiger partial charge is 0.480 e. The maximum Gasteiger partial charge on any atom is 0.328 e. The Balaban J connectivity index is 3.08. The van der Waals surface area contributed by atoms with Crippen LogP contribution in [0.4, 0.5) is 14.5 Å². The molecule has 20 heavy (non-hydrogen) atoms. The second-order valence-electron chi connectivity index (χ2n) is 3.59. The summed E-state index contributed by atoms with van der Waals surface area (Å²) in [6.45, 7) is -0.960. The third-order valence-corrected chi connectivity index (χ3v) is 2.26. The van der Waals surface area contributed by atoms with Crippen LogP contribution in [-0.4, -0.2) is 39.7 Å². The average Bonchev–Trinajstić information content (AvgIpc) is 2.37. The van der Waals surface area contributed by atoms with E-state index in [9.17, 15) is 28.5 Å². The first-order valence-corrected chi connectivity index (χ1v) is 5.06. The number of nitrogens with zero attached hydrogens (tertiary/aromatic N) is 1. The van der Waals surface area contributed by atoms with Crippen molar-refractivity contribution in [1.82, 2.24) is 5.32 Å². The molecule has 1 atom stereocenters. The molecule has 0 aliphatic rings. The van der Waals surface area contributed by atoms with Crippen molar-refractivity contribution in [2.24, 2.45) is 0 Å². The Labute approximate surface area is 109 Å². The normalized spacial score (nSPS) is 11.8. The molecule has 3 N–H and O–H groups in total. The minimum absolute atomic E-state index is 0.207. The van der Waals surface area contributed by atoms with Gasteiger partial charge in [-0.25, -0.2) is 9.18 Å². The van der Waals surface area contributed by atoms with Crippen molar-refractivity contribution >= 4 is 17.6 Å². The molecule has 1 unspecified atom stereocenters. The molecule has 0 spiro atoms. The van der Waals surface area contributed by atoms with Gasteiger partial charge in [-0.1, -0.05) is 0 Å². The summed E-state index contributed by atoms with van der Waals surface area (Å²) in [7, 11) is 0. The second kappa shape index (κ2) is 6.02.